The van der Waals surface area contributed by atoms with Crippen LogP contribution in [0.4, 0.5) is 10.5 Å². The van der Waals surface area contributed by atoms with Crippen LogP contribution < -0.4 is 5.32 Å². The first kappa shape index (κ1) is 13.5. The zero-order valence-electron chi connectivity index (χ0n) is 10.9. The van der Waals surface area contributed by atoms with Crippen molar-refractivity contribution in [1.29, 1.82) is 0 Å². The van der Waals surface area contributed by atoms with E-state index in [2.05, 4.69) is 5.32 Å². The molecule has 0 bridgehead atoms. The van der Waals surface area contributed by atoms with Gasteiger partial charge in [0, 0.05) is 26.4 Å². The number of carbonyl (C=O) groups excluding carboxylic acids is 1. The minimum atomic E-state index is -0.115. The summed E-state index contributed by atoms with van der Waals surface area (Å²) in [6, 6.07) is 5.88. The molecular weight excluding hydrogens is 216 g/mol. The summed E-state index contributed by atoms with van der Waals surface area (Å²) in [5, 5.41) is 2.89. The summed E-state index contributed by atoms with van der Waals surface area (Å²) in [6.07, 6.45) is 0. The van der Waals surface area contributed by atoms with Gasteiger partial charge in [0.1, 0.15) is 0 Å². The molecule has 0 aliphatic carbocycles. The van der Waals surface area contributed by atoms with Crippen molar-refractivity contribution >= 4 is 11.7 Å². The number of hydrogen-bond acceptors (Lipinski definition) is 2. The average Bonchev–Trinajstić information content (AvgIpc) is 2.30. The van der Waals surface area contributed by atoms with E-state index in [4.69, 9.17) is 4.74 Å². The number of rotatable bonds is 4. The molecule has 0 heterocycles. The van der Waals surface area contributed by atoms with Gasteiger partial charge in [-0.3, -0.25) is 0 Å². The van der Waals surface area contributed by atoms with Gasteiger partial charge in [0.15, 0.2) is 0 Å². The molecule has 1 aromatic carbocycles. The predicted molar refractivity (Wildman–Crippen MR) is 69.4 cm³/mol. The maximum Gasteiger partial charge on any atom is 0.321 e. The SMILES string of the molecule is COCCN(C)C(=O)Nc1cc(C)ccc1C. The van der Waals surface area contributed by atoms with Crippen molar-refractivity contribution in [3.05, 3.63) is 29.3 Å². The molecule has 17 heavy (non-hydrogen) atoms. The monoisotopic (exact) mass is 236 g/mol. The predicted octanol–water partition coefficient (Wildman–Crippen LogP) is 2.41. The van der Waals surface area contributed by atoms with Gasteiger partial charge in [0.25, 0.3) is 0 Å². The Morgan fingerprint density at radius 2 is 2.12 bits per heavy atom. The quantitative estimate of drug-likeness (QED) is 0.872. The first-order chi connectivity index (χ1) is 8.04. The zero-order valence-corrected chi connectivity index (χ0v) is 10.9. The zero-order chi connectivity index (χ0) is 12.8. The highest BCUT2D eigenvalue weighted by molar-refractivity contribution is 5.90. The lowest BCUT2D eigenvalue weighted by atomic mass is 10.1. The standard InChI is InChI=1S/C13H20N2O2/c1-10-5-6-11(2)12(9-10)14-13(16)15(3)7-8-17-4/h5-6,9H,7-8H2,1-4H3,(H,14,16). The van der Waals surface area contributed by atoms with Gasteiger partial charge < -0.3 is 15.0 Å². The molecule has 0 aliphatic rings. The Morgan fingerprint density at radius 1 is 1.41 bits per heavy atom. The largest absolute Gasteiger partial charge is 0.383 e. The van der Waals surface area contributed by atoms with Crippen molar-refractivity contribution in [1.82, 2.24) is 4.90 Å². The second-order valence-corrected chi connectivity index (χ2v) is 4.16. The van der Waals surface area contributed by atoms with Crippen molar-refractivity contribution in [3.8, 4) is 0 Å². The Morgan fingerprint density at radius 3 is 2.76 bits per heavy atom. The Labute approximate surface area is 103 Å². The van der Waals surface area contributed by atoms with Gasteiger partial charge in [-0.15, -0.1) is 0 Å². The molecule has 0 fully saturated rings. The number of amides is 2. The molecule has 0 aromatic heterocycles. The van der Waals surface area contributed by atoms with E-state index in [-0.39, 0.29) is 6.03 Å². The van der Waals surface area contributed by atoms with Crippen LogP contribution in [0.2, 0.25) is 0 Å². The Balaban J connectivity index is 2.64. The molecule has 94 valence electrons. The molecule has 0 saturated heterocycles. The van der Waals surface area contributed by atoms with Crippen LogP contribution in [0.3, 0.4) is 0 Å². The van der Waals surface area contributed by atoms with Gasteiger partial charge in [0.2, 0.25) is 0 Å². The number of hydrogen-bond donors (Lipinski definition) is 1. The number of nitrogens with zero attached hydrogens (tertiary/aromatic N) is 1. The third-order valence-corrected chi connectivity index (χ3v) is 2.61. The number of ether oxygens (including phenoxy) is 1. The third kappa shape index (κ3) is 4.07. The van der Waals surface area contributed by atoms with Crippen LogP contribution in [0, 0.1) is 13.8 Å². The molecule has 0 atom stereocenters. The van der Waals surface area contributed by atoms with Gasteiger partial charge in [-0.25, -0.2) is 4.79 Å². The van der Waals surface area contributed by atoms with E-state index < -0.39 is 0 Å². The fraction of sp³-hybridized carbons (Fsp3) is 0.462. The molecule has 1 rings (SSSR count). The van der Waals surface area contributed by atoms with Crippen LogP contribution in [0.1, 0.15) is 11.1 Å². The van der Waals surface area contributed by atoms with Gasteiger partial charge in [-0.05, 0) is 31.0 Å². The number of carbonyl (C=O) groups is 1. The van der Waals surface area contributed by atoms with Gasteiger partial charge in [0.05, 0.1) is 6.61 Å². The number of benzene rings is 1. The molecular formula is C13H20N2O2. The summed E-state index contributed by atoms with van der Waals surface area (Å²) in [6.45, 7) is 5.10. The van der Waals surface area contributed by atoms with Crippen LogP contribution in [0.25, 0.3) is 0 Å². The van der Waals surface area contributed by atoms with Crippen LogP contribution in [0.15, 0.2) is 18.2 Å². The maximum atomic E-state index is 11.8. The van der Waals surface area contributed by atoms with E-state index >= 15 is 0 Å². The molecule has 4 nitrogen and oxygen atoms in total. The lowest BCUT2D eigenvalue weighted by Gasteiger charge is -2.18. The van der Waals surface area contributed by atoms with Gasteiger partial charge in [-0.2, -0.15) is 0 Å². The maximum absolute atomic E-state index is 11.8. The summed E-state index contributed by atoms with van der Waals surface area (Å²) in [7, 11) is 3.37. The molecule has 0 spiro atoms. The fourth-order valence-electron chi connectivity index (χ4n) is 1.41. The summed E-state index contributed by atoms with van der Waals surface area (Å²) < 4.78 is 4.93. The van der Waals surface area contributed by atoms with Crippen molar-refractivity contribution < 1.29 is 9.53 Å². The minimum Gasteiger partial charge on any atom is -0.383 e. The van der Waals surface area contributed by atoms with E-state index in [1.165, 1.54) is 0 Å². The van der Waals surface area contributed by atoms with Crippen molar-refractivity contribution in [2.24, 2.45) is 0 Å². The van der Waals surface area contributed by atoms with Crippen LogP contribution >= 0.6 is 0 Å². The minimum absolute atomic E-state index is 0.115. The number of nitrogens with one attached hydrogen (secondary N) is 1. The van der Waals surface area contributed by atoms with Crippen molar-refractivity contribution in [2.75, 3.05) is 32.6 Å². The number of anilines is 1. The lowest BCUT2D eigenvalue weighted by molar-refractivity contribution is 0.165. The second-order valence-electron chi connectivity index (χ2n) is 4.16. The highest BCUT2D eigenvalue weighted by Gasteiger charge is 2.09. The molecule has 0 aliphatic heterocycles. The smallest absolute Gasteiger partial charge is 0.321 e. The number of methoxy groups -OCH3 is 1. The Kier molecular flexibility index (Phi) is 4.97. The molecule has 1 aromatic rings. The van der Waals surface area contributed by atoms with E-state index in [0.29, 0.717) is 13.2 Å². The summed E-state index contributed by atoms with van der Waals surface area (Å²) in [5.41, 5.74) is 3.05. The number of aryl methyl sites for hydroxylation is 2. The molecule has 2 amide bonds. The van der Waals surface area contributed by atoms with Crippen molar-refractivity contribution in [3.63, 3.8) is 0 Å². The average molecular weight is 236 g/mol. The second kappa shape index (κ2) is 6.25. The number of urea groups is 1. The molecule has 0 radical (unpaired) electrons. The first-order valence-corrected chi connectivity index (χ1v) is 5.63. The molecule has 4 heteroatoms. The summed E-state index contributed by atoms with van der Waals surface area (Å²) in [4.78, 5) is 13.4. The lowest BCUT2D eigenvalue weighted by Crippen LogP contribution is -2.34. The highest BCUT2D eigenvalue weighted by atomic mass is 16.5. The Bertz CT molecular complexity index is 391. The number of likely N-dealkylation sites (N-methyl/N-ethyl adjacent to an activating group) is 1. The van der Waals surface area contributed by atoms with E-state index in [9.17, 15) is 4.79 Å². The molecule has 0 unspecified atom stereocenters. The van der Waals surface area contributed by atoms with E-state index in [1.54, 1.807) is 19.1 Å². The fourth-order valence-corrected chi connectivity index (χ4v) is 1.41. The highest BCUT2D eigenvalue weighted by Crippen LogP contribution is 2.16. The topological polar surface area (TPSA) is 41.6 Å². The summed E-state index contributed by atoms with van der Waals surface area (Å²) >= 11 is 0. The van der Waals surface area contributed by atoms with Crippen molar-refractivity contribution in [2.45, 2.75) is 13.8 Å². The first-order valence-electron chi connectivity index (χ1n) is 5.63. The summed E-state index contributed by atoms with van der Waals surface area (Å²) in [5.74, 6) is 0. The van der Waals surface area contributed by atoms with Crippen LogP contribution in [-0.4, -0.2) is 38.2 Å². The van der Waals surface area contributed by atoms with Crippen LogP contribution in [-0.2, 0) is 4.74 Å². The van der Waals surface area contributed by atoms with E-state index in [1.807, 2.05) is 32.0 Å². The third-order valence-electron chi connectivity index (χ3n) is 2.61. The molecule has 1 N–H and O–H groups in total. The molecule has 0 saturated carbocycles. The normalized spacial score (nSPS) is 10.1. The van der Waals surface area contributed by atoms with E-state index in [0.717, 1.165) is 16.8 Å². The van der Waals surface area contributed by atoms with Gasteiger partial charge in [-0.1, -0.05) is 12.1 Å². The van der Waals surface area contributed by atoms with Crippen LogP contribution in [0.5, 0.6) is 0 Å². The van der Waals surface area contributed by atoms with Gasteiger partial charge >= 0.3 is 6.03 Å². The Hall–Kier alpha value is -1.55.